The highest BCUT2D eigenvalue weighted by Gasteiger charge is 1.86. The second-order valence-electron chi connectivity index (χ2n) is 2.44. The van der Waals surface area contributed by atoms with Gasteiger partial charge in [-0.2, -0.15) is 0 Å². The van der Waals surface area contributed by atoms with Gasteiger partial charge in [0, 0.05) is 12.2 Å². The summed E-state index contributed by atoms with van der Waals surface area (Å²) in [5, 5.41) is 3.27. The minimum atomic E-state index is 0. The zero-order valence-corrected chi connectivity index (χ0v) is 9.03. The molecule has 1 aromatic rings. The fourth-order valence-corrected chi connectivity index (χ4v) is 0.891. The number of para-hydroxylation sites is 1. The van der Waals surface area contributed by atoms with Crippen LogP contribution in [0.1, 0.15) is 6.42 Å². The van der Waals surface area contributed by atoms with Gasteiger partial charge >= 0.3 is 0 Å². The molecule has 1 rings (SSSR count). The van der Waals surface area contributed by atoms with Crippen LogP contribution in [0, 0.1) is 0 Å². The van der Waals surface area contributed by atoms with Crippen LogP contribution in [0.4, 0.5) is 5.69 Å². The average molecular weight is 223 g/mol. The molecule has 0 radical (unpaired) electrons. The lowest BCUT2D eigenvalue weighted by Gasteiger charge is -2.03. The minimum absolute atomic E-state index is 0. The number of hydrogen-bond acceptors (Lipinski definition) is 2. The van der Waals surface area contributed by atoms with Crippen LogP contribution >= 0.6 is 24.8 Å². The van der Waals surface area contributed by atoms with Crippen molar-refractivity contribution in [3.8, 4) is 0 Å². The van der Waals surface area contributed by atoms with Gasteiger partial charge in [0.1, 0.15) is 0 Å². The van der Waals surface area contributed by atoms with Gasteiger partial charge in [-0.05, 0) is 25.1 Å². The summed E-state index contributed by atoms with van der Waals surface area (Å²) < 4.78 is 0. The highest BCUT2D eigenvalue weighted by Crippen LogP contribution is 2.03. The number of halogens is 2. The second-order valence-corrected chi connectivity index (χ2v) is 2.44. The van der Waals surface area contributed by atoms with Crippen LogP contribution in [0.15, 0.2) is 30.3 Å². The van der Waals surface area contributed by atoms with E-state index < -0.39 is 0 Å². The van der Waals surface area contributed by atoms with Crippen LogP contribution in [0.3, 0.4) is 0 Å². The molecule has 1 aromatic carbocycles. The molecule has 0 aromatic heterocycles. The number of anilines is 1. The molecule has 13 heavy (non-hydrogen) atoms. The van der Waals surface area contributed by atoms with Crippen molar-refractivity contribution in [1.29, 1.82) is 0 Å². The Bertz CT molecular complexity index is 192. The van der Waals surface area contributed by atoms with E-state index in [9.17, 15) is 0 Å². The molecule has 0 aliphatic heterocycles. The molecule has 0 aliphatic rings. The van der Waals surface area contributed by atoms with E-state index >= 15 is 0 Å². The summed E-state index contributed by atoms with van der Waals surface area (Å²) in [6, 6.07) is 10.1. The SMILES string of the molecule is Cl.Cl.NCCCNc1ccccc1. The average Bonchev–Trinajstić information content (AvgIpc) is 2.07. The molecule has 3 N–H and O–H groups in total. The number of benzene rings is 1. The lowest BCUT2D eigenvalue weighted by Crippen LogP contribution is -2.08. The summed E-state index contributed by atoms with van der Waals surface area (Å²) in [7, 11) is 0. The lowest BCUT2D eigenvalue weighted by atomic mass is 10.3. The Morgan fingerprint density at radius 3 is 2.23 bits per heavy atom. The van der Waals surface area contributed by atoms with Gasteiger partial charge in [0.05, 0.1) is 0 Å². The Labute approximate surface area is 91.7 Å². The predicted molar refractivity (Wildman–Crippen MR) is 63.1 cm³/mol. The van der Waals surface area contributed by atoms with E-state index in [0.29, 0.717) is 0 Å². The molecule has 76 valence electrons. The number of hydrogen-bond donors (Lipinski definition) is 2. The molecular formula is C9H16Cl2N2. The van der Waals surface area contributed by atoms with E-state index in [1.807, 2.05) is 18.2 Å². The number of nitrogens with two attached hydrogens (primary N) is 1. The van der Waals surface area contributed by atoms with Crippen molar-refractivity contribution in [1.82, 2.24) is 0 Å². The third-order valence-corrected chi connectivity index (χ3v) is 1.48. The highest BCUT2D eigenvalue weighted by molar-refractivity contribution is 5.85. The fraction of sp³-hybridized carbons (Fsp3) is 0.333. The normalized spacial score (nSPS) is 8.08. The summed E-state index contributed by atoms with van der Waals surface area (Å²) in [5.74, 6) is 0. The fourth-order valence-electron chi connectivity index (χ4n) is 0.891. The summed E-state index contributed by atoms with van der Waals surface area (Å²) in [6.45, 7) is 1.71. The molecule has 0 amide bonds. The molecule has 0 bridgehead atoms. The molecule has 0 fully saturated rings. The summed E-state index contributed by atoms with van der Waals surface area (Å²) >= 11 is 0. The zero-order chi connectivity index (χ0) is 7.94. The first-order valence-corrected chi connectivity index (χ1v) is 3.92. The van der Waals surface area contributed by atoms with Gasteiger partial charge in [0.15, 0.2) is 0 Å². The van der Waals surface area contributed by atoms with Gasteiger partial charge in [-0.3, -0.25) is 0 Å². The first-order chi connectivity index (χ1) is 5.43. The van der Waals surface area contributed by atoms with Crippen molar-refractivity contribution >= 4 is 30.5 Å². The Balaban J connectivity index is 0. The minimum Gasteiger partial charge on any atom is -0.385 e. The molecule has 0 spiro atoms. The second kappa shape index (κ2) is 9.65. The van der Waals surface area contributed by atoms with Gasteiger partial charge in [-0.15, -0.1) is 24.8 Å². The quantitative estimate of drug-likeness (QED) is 0.768. The molecule has 0 saturated heterocycles. The van der Waals surface area contributed by atoms with Gasteiger partial charge in [-0.25, -0.2) is 0 Å². The topological polar surface area (TPSA) is 38.0 Å². The Morgan fingerprint density at radius 2 is 1.69 bits per heavy atom. The van der Waals surface area contributed by atoms with Crippen LogP contribution in [0.25, 0.3) is 0 Å². The van der Waals surface area contributed by atoms with Crippen LogP contribution in [0.2, 0.25) is 0 Å². The first kappa shape index (κ1) is 15.1. The van der Waals surface area contributed by atoms with E-state index in [1.165, 1.54) is 5.69 Å². The van der Waals surface area contributed by atoms with Crippen LogP contribution in [0.5, 0.6) is 0 Å². The van der Waals surface area contributed by atoms with E-state index in [2.05, 4.69) is 17.4 Å². The van der Waals surface area contributed by atoms with Crippen molar-refractivity contribution < 1.29 is 0 Å². The monoisotopic (exact) mass is 222 g/mol. The Hall–Kier alpha value is -0.440. The molecule has 4 heteroatoms. The van der Waals surface area contributed by atoms with Crippen LogP contribution < -0.4 is 11.1 Å². The molecule has 0 saturated carbocycles. The molecule has 2 nitrogen and oxygen atoms in total. The van der Waals surface area contributed by atoms with Gasteiger partial charge in [0.25, 0.3) is 0 Å². The van der Waals surface area contributed by atoms with Gasteiger partial charge in [0.2, 0.25) is 0 Å². The predicted octanol–water partition coefficient (Wildman–Crippen LogP) is 2.29. The highest BCUT2D eigenvalue weighted by atomic mass is 35.5. The Kier molecular flexibility index (Phi) is 11.2. The number of nitrogens with one attached hydrogen (secondary N) is 1. The van der Waals surface area contributed by atoms with Crippen molar-refractivity contribution in [2.45, 2.75) is 6.42 Å². The summed E-state index contributed by atoms with van der Waals surface area (Å²) in [4.78, 5) is 0. The van der Waals surface area contributed by atoms with Crippen molar-refractivity contribution in [3.05, 3.63) is 30.3 Å². The molecule has 0 heterocycles. The van der Waals surface area contributed by atoms with Gasteiger partial charge < -0.3 is 11.1 Å². The third kappa shape index (κ3) is 6.70. The van der Waals surface area contributed by atoms with Gasteiger partial charge in [-0.1, -0.05) is 18.2 Å². The molecule has 0 atom stereocenters. The third-order valence-electron chi connectivity index (χ3n) is 1.48. The van der Waals surface area contributed by atoms with Crippen LogP contribution in [-0.2, 0) is 0 Å². The molecular weight excluding hydrogens is 207 g/mol. The lowest BCUT2D eigenvalue weighted by molar-refractivity contribution is 0.874. The zero-order valence-electron chi connectivity index (χ0n) is 7.40. The van der Waals surface area contributed by atoms with E-state index in [4.69, 9.17) is 5.73 Å². The largest absolute Gasteiger partial charge is 0.385 e. The van der Waals surface area contributed by atoms with E-state index in [0.717, 1.165) is 19.5 Å². The van der Waals surface area contributed by atoms with Crippen molar-refractivity contribution in [2.24, 2.45) is 5.73 Å². The van der Waals surface area contributed by atoms with Crippen LogP contribution in [-0.4, -0.2) is 13.1 Å². The van der Waals surface area contributed by atoms with E-state index in [1.54, 1.807) is 0 Å². The summed E-state index contributed by atoms with van der Waals surface area (Å²) in [5.41, 5.74) is 6.52. The maximum absolute atomic E-state index is 5.35. The van der Waals surface area contributed by atoms with E-state index in [-0.39, 0.29) is 24.8 Å². The van der Waals surface area contributed by atoms with Crippen molar-refractivity contribution in [3.63, 3.8) is 0 Å². The first-order valence-electron chi connectivity index (χ1n) is 3.92. The smallest absolute Gasteiger partial charge is 0.0340 e. The maximum Gasteiger partial charge on any atom is 0.0340 e. The Morgan fingerprint density at radius 1 is 1.08 bits per heavy atom. The van der Waals surface area contributed by atoms with Crippen molar-refractivity contribution in [2.75, 3.05) is 18.4 Å². The molecule has 0 unspecified atom stereocenters. The standard InChI is InChI=1S/C9H14N2.2ClH/c10-7-4-8-11-9-5-2-1-3-6-9;;/h1-3,5-6,11H,4,7-8,10H2;2*1H. The molecule has 0 aliphatic carbocycles. The number of rotatable bonds is 4. The maximum atomic E-state index is 5.35. The summed E-state index contributed by atoms with van der Waals surface area (Å²) in [6.07, 6.45) is 1.02.